The quantitative estimate of drug-likeness (QED) is 0.726. The molecule has 25 heavy (non-hydrogen) atoms. The van der Waals surface area contributed by atoms with E-state index < -0.39 is 5.54 Å². The summed E-state index contributed by atoms with van der Waals surface area (Å²) in [6, 6.07) is 7.36. The summed E-state index contributed by atoms with van der Waals surface area (Å²) in [5.41, 5.74) is 4.04. The minimum Gasteiger partial charge on any atom is -0.323 e. The first-order valence-electron chi connectivity index (χ1n) is 9.66. The number of urea groups is 1. The number of imide groups is 1. The summed E-state index contributed by atoms with van der Waals surface area (Å²) < 4.78 is 0. The number of rotatable bonds is 2. The lowest BCUT2D eigenvalue weighted by Crippen LogP contribution is -2.52. The van der Waals surface area contributed by atoms with Crippen LogP contribution in [-0.2, 0) is 11.2 Å². The van der Waals surface area contributed by atoms with Crippen LogP contribution >= 0.6 is 0 Å². The third-order valence-electron chi connectivity index (χ3n) is 6.82. The van der Waals surface area contributed by atoms with Crippen LogP contribution in [0.5, 0.6) is 0 Å². The van der Waals surface area contributed by atoms with E-state index in [1.54, 1.807) is 11.1 Å². The zero-order chi connectivity index (χ0) is 17.0. The van der Waals surface area contributed by atoms with Gasteiger partial charge >= 0.3 is 6.03 Å². The lowest BCUT2D eigenvalue weighted by atomic mass is 9.79. The summed E-state index contributed by atoms with van der Waals surface area (Å²) >= 11 is 0. The van der Waals surface area contributed by atoms with Crippen molar-refractivity contribution in [2.24, 2.45) is 0 Å². The maximum Gasteiger partial charge on any atom is 0.322 e. The van der Waals surface area contributed by atoms with E-state index in [4.69, 9.17) is 0 Å². The van der Waals surface area contributed by atoms with Crippen LogP contribution in [0, 0.1) is 0 Å². The van der Waals surface area contributed by atoms with Gasteiger partial charge in [0.1, 0.15) is 5.54 Å². The number of amides is 3. The molecule has 0 aromatic heterocycles. The number of nitrogens with one attached hydrogen (secondary N) is 3. The fourth-order valence-corrected chi connectivity index (χ4v) is 5.58. The summed E-state index contributed by atoms with van der Waals surface area (Å²) in [5.74, 6) is 0.588. The highest BCUT2D eigenvalue weighted by molar-refractivity contribution is 6.07. The number of aryl methyl sites for hydroxylation is 1. The highest BCUT2D eigenvalue weighted by Gasteiger charge is 2.48. The van der Waals surface area contributed by atoms with Crippen LogP contribution < -0.4 is 16.0 Å². The monoisotopic (exact) mass is 339 g/mol. The van der Waals surface area contributed by atoms with E-state index in [0.717, 1.165) is 31.6 Å². The van der Waals surface area contributed by atoms with Crippen LogP contribution in [0.1, 0.15) is 73.6 Å². The van der Waals surface area contributed by atoms with E-state index in [2.05, 4.69) is 34.1 Å². The highest BCUT2D eigenvalue weighted by Crippen LogP contribution is 2.48. The normalized spacial score (nSPS) is 36.2. The maximum absolute atomic E-state index is 12.1. The molecule has 2 fully saturated rings. The van der Waals surface area contributed by atoms with Gasteiger partial charge in [0.2, 0.25) is 0 Å². The van der Waals surface area contributed by atoms with E-state index in [9.17, 15) is 9.59 Å². The third-order valence-corrected chi connectivity index (χ3v) is 6.82. The van der Waals surface area contributed by atoms with Crippen LogP contribution in [0.3, 0.4) is 0 Å². The molecule has 5 heteroatoms. The molecular weight excluding hydrogens is 314 g/mol. The fourth-order valence-electron chi connectivity index (χ4n) is 5.58. The Bertz CT molecular complexity index is 736. The molecule has 132 valence electrons. The average molecular weight is 339 g/mol. The number of carbonyl (C=O) groups excluding carboxylic acids is 2. The highest BCUT2D eigenvalue weighted by atomic mass is 16.2. The molecular formula is C20H25N3O2. The first-order valence-corrected chi connectivity index (χ1v) is 9.66. The molecule has 3 N–H and O–H groups in total. The zero-order valence-corrected chi connectivity index (χ0v) is 14.4. The Morgan fingerprint density at radius 1 is 1.12 bits per heavy atom. The molecule has 2 atom stereocenters. The minimum atomic E-state index is -0.651. The summed E-state index contributed by atoms with van der Waals surface area (Å²) in [6.45, 7) is 0. The fraction of sp³-hybridized carbons (Fsp3) is 0.600. The molecule has 0 bridgehead atoms. The van der Waals surface area contributed by atoms with Crippen molar-refractivity contribution in [3.05, 3.63) is 34.9 Å². The van der Waals surface area contributed by atoms with Gasteiger partial charge in [0.15, 0.2) is 0 Å². The summed E-state index contributed by atoms with van der Waals surface area (Å²) in [6.07, 6.45) is 8.40. The Labute approximate surface area is 147 Å². The van der Waals surface area contributed by atoms with Gasteiger partial charge in [0.05, 0.1) is 0 Å². The molecule has 3 aliphatic carbocycles. The number of benzene rings is 1. The third kappa shape index (κ3) is 2.40. The van der Waals surface area contributed by atoms with E-state index >= 15 is 0 Å². The Balaban J connectivity index is 1.28. The van der Waals surface area contributed by atoms with Crippen LogP contribution in [0.25, 0.3) is 0 Å². The SMILES string of the molecule is O=C1NC(=O)C2(CCC(N[C@H]3C[C@@H]4CCCc5cccc3c54)CC2)N1. The molecule has 4 aliphatic rings. The Morgan fingerprint density at radius 2 is 1.96 bits per heavy atom. The lowest BCUT2D eigenvalue weighted by molar-refractivity contribution is -0.125. The van der Waals surface area contributed by atoms with Crippen molar-refractivity contribution in [1.82, 2.24) is 16.0 Å². The van der Waals surface area contributed by atoms with Gasteiger partial charge in [0, 0.05) is 12.1 Å². The molecule has 1 saturated heterocycles. The van der Waals surface area contributed by atoms with Crippen molar-refractivity contribution in [1.29, 1.82) is 0 Å². The Hall–Kier alpha value is -1.88. The number of carbonyl (C=O) groups is 2. The van der Waals surface area contributed by atoms with Crippen LogP contribution in [0.2, 0.25) is 0 Å². The van der Waals surface area contributed by atoms with Gasteiger partial charge in [-0.3, -0.25) is 10.1 Å². The van der Waals surface area contributed by atoms with Crippen LogP contribution in [0.15, 0.2) is 18.2 Å². The summed E-state index contributed by atoms with van der Waals surface area (Å²) in [5, 5.41) is 9.13. The van der Waals surface area contributed by atoms with Crippen molar-refractivity contribution < 1.29 is 9.59 Å². The molecule has 5 nitrogen and oxygen atoms in total. The predicted molar refractivity (Wildman–Crippen MR) is 94.3 cm³/mol. The van der Waals surface area contributed by atoms with Gasteiger partial charge in [-0.25, -0.2) is 4.79 Å². The van der Waals surface area contributed by atoms with Crippen LogP contribution in [-0.4, -0.2) is 23.5 Å². The van der Waals surface area contributed by atoms with Crippen molar-refractivity contribution in [2.75, 3.05) is 0 Å². The summed E-state index contributed by atoms with van der Waals surface area (Å²) in [7, 11) is 0. The molecule has 0 unspecified atom stereocenters. The predicted octanol–water partition coefficient (Wildman–Crippen LogP) is 2.66. The van der Waals surface area contributed by atoms with E-state index in [1.807, 2.05) is 0 Å². The second-order valence-corrected chi connectivity index (χ2v) is 8.23. The molecule has 0 radical (unpaired) electrons. The molecule has 1 saturated carbocycles. The van der Waals surface area contributed by atoms with Gasteiger partial charge in [0.25, 0.3) is 5.91 Å². The molecule has 1 aromatic carbocycles. The average Bonchev–Trinajstić information content (AvgIpc) is 3.09. The van der Waals surface area contributed by atoms with E-state index in [-0.39, 0.29) is 11.9 Å². The lowest BCUT2D eigenvalue weighted by Gasteiger charge is -2.36. The molecule has 5 rings (SSSR count). The first kappa shape index (κ1) is 15.4. The second-order valence-electron chi connectivity index (χ2n) is 8.23. The van der Waals surface area contributed by atoms with Gasteiger partial charge in [-0.15, -0.1) is 0 Å². The zero-order valence-electron chi connectivity index (χ0n) is 14.4. The van der Waals surface area contributed by atoms with Gasteiger partial charge in [-0.05, 0) is 74.0 Å². The van der Waals surface area contributed by atoms with Crippen molar-refractivity contribution in [3.8, 4) is 0 Å². The topological polar surface area (TPSA) is 70.2 Å². The molecule has 3 amide bonds. The number of hydrogen-bond donors (Lipinski definition) is 3. The van der Waals surface area contributed by atoms with Crippen molar-refractivity contribution in [3.63, 3.8) is 0 Å². The van der Waals surface area contributed by atoms with E-state index in [1.165, 1.54) is 31.2 Å². The van der Waals surface area contributed by atoms with Crippen molar-refractivity contribution in [2.45, 2.75) is 74.9 Å². The Kier molecular flexibility index (Phi) is 3.42. The number of hydrogen-bond acceptors (Lipinski definition) is 3. The molecule has 1 aromatic rings. The smallest absolute Gasteiger partial charge is 0.322 e. The first-order chi connectivity index (χ1) is 12.1. The molecule has 1 aliphatic heterocycles. The molecule has 1 spiro atoms. The van der Waals surface area contributed by atoms with Gasteiger partial charge in [-0.2, -0.15) is 0 Å². The summed E-state index contributed by atoms with van der Waals surface area (Å²) in [4.78, 5) is 23.6. The second kappa shape index (κ2) is 5.56. The van der Waals surface area contributed by atoms with Gasteiger partial charge < -0.3 is 10.6 Å². The minimum absolute atomic E-state index is 0.141. The maximum atomic E-state index is 12.1. The van der Waals surface area contributed by atoms with Crippen LogP contribution in [0.4, 0.5) is 4.79 Å². The Morgan fingerprint density at radius 3 is 2.72 bits per heavy atom. The van der Waals surface area contributed by atoms with Crippen molar-refractivity contribution >= 4 is 11.9 Å². The standard InChI is InChI=1S/C20H25N3O2/c24-18-20(23-19(25)22-18)9-7-14(8-10-20)21-16-11-13-5-1-3-12-4-2-6-15(16)17(12)13/h2,4,6,13-14,16,21H,1,3,5,7-11H2,(H2,22,23,24,25)/t13-,14?,16-,20?/m0/s1. The van der Waals surface area contributed by atoms with Gasteiger partial charge in [-0.1, -0.05) is 18.2 Å². The largest absolute Gasteiger partial charge is 0.323 e. The van der Waals surface area contributed by atoms with E-state index in [0.29, 0.717) is 12.1 Å². The molecule has 1 heterocycles.